The molecule has 2 fully saturated rings. The predicted molar refractivity (Wildman–Crippen MR) is 75.8 cm³/mol. The summed E-state index contributed by atoms with van der Waals surface area (Å²) in [6, 6.07) is 2.09. The van der Waals surface area contributed by atoms with Crippen molar-refractivity contribution in [3.8, 4) is 0 Å². The van der Waals surface area contributed by atoms with Gasteiger partial charge in [0.05, 0.1) is 19.2 Å². The molecule has 2 aliphatic rings. The van der Waals surface area contributed by atoms with E-state index in [0.717, 1.165) is 19.8 Å². The van der Waals surface area contributed by atoms with E-state index in [-0.39, 0.29) is 13.2 Å². The summed E-state index contributed by atoms with van der Waals surface area (Å²) in [6.07, 6.45) is 0.873. The molecule has 0 radical (unpaired) electrons. The van der Waals surface area contributed by atoms with Gasteiger partial charge in [-0.3, -0.25) is 19.2 Å². The summed E-state index contributed by atoms with van der Waals surface area (Å²) in [7, 11) is 0. The van der Waals surface area contributed by atoms with Crippen molar-refractivity contribution < 1.29 is 29.0 Å². The van der Waals surface area contributed by atoms with Crippen molar-refractivity contribution in [2.45, 2.75) is 38.0 Å². The minimum Gasteiger partial charge on any atom is -0.478 e. The number of carboxylic acids is 1. The molecular formula is C14H17N3O6. The van der Waals surface area contributed by atoms with E-state index < -0.39 is 30.1 Å². The number of nitrogens with zero attached hydrogens (tertiary/aromatic N) is 3. The maximum Gasteiger partial charge on any atom is 0.348 e. The Morgan fingerprint density at radius 3 is 2.83 bits per heavy atom. The van der Waals surface area contributed by atoms with E-state index in [9.17, 15) is 19.5 Å². The van der Waals surface area contributed by atoms with Crippen LogP contribution < -0.4 is 4.90 Å². The van der Waals surface area contributed by atoms with Crippen molar-refractivity contribution in [3.05, 3.63) is 12.3 Å². The van der Waals surface area contributed by atoms with Crippen molar-refractivity contribution in [2.75, 3.05) is 18.1 Å². The molecule has 1 amide bonds. The van der Waals surface area contributed by atoms with E-state index >= 15 is 0 Å². The average Bonchev–Trinajstić information content (AvgIpc) is 3.23. The fourth-order valence-corrected chi connectivity index (χ4v) is 2.49. The Bertz CT molecular complexity index is 638. The van der Waals surface area contributed by atoms with Gasteiger partial charge in [-0.25, -0.2) is 4.79 Å². The number of amides is 1. The fraction of sp³-hybridized carbons (Fsp3) is 0.571. The lowest BCUT2D eigenvalue weighted by molar-refractivity contribution is -0.177. The number of carboxylic acid groups (broad SMARTS) is 1. The number of esters is 1. The van der Waals surface area contributed by atoms with Crippen molar-refractivity contribution in [1.29, 1.82) is 0 Å². The van der Waals surface area contributed by atoms with Crippen LogP contribution in [0.5, 0.6) is 0 Å². The Hall–Kier alpha value is -2.42. The van der Waals surface area contributed by atoms with Crippen LogP contribution in [0.2, 0.25) is 0 Å². The van der Waals surface area contributed by atoms with Crippen molar-refractivity contribution in [1.82, 2.24) is 9.78 Å². The first-order valence-electron chi connectivity index (χ1n) is 7.35. The summed E-state index contributed by atoms with van der Waals surface area (Å²) < 4.78 is 11.8. The van der Waals surface area contributed by atoms with E-state index in [1.54, 1.807) is 16.9 Å². The van der Waals surface area contributed by atoms with Crippen molar-refractivity contribution in [3.63, 3.8) is 0 Å². The topological polar surface area (TPSA) is 111 Å². The molecule has 1 aliphatic carbocycles. The monoisotopic (exact) mass is 323 g/mol. The van der Waals surface area contributed by atoms with Crippen LogP contribution in [-0.4, -0.2) is 58.1 Å². The number of anilines is 1. The molecule has 0 spiro atoms. The van der Waals surface area contributed by atoms with Crippen molar-refractivity contribution >= 4 is 23.7 Å². The third kappa shape index (κ3) is 3.19. The number of carbonyl (C=O) groups is 3. The minimum atomic E-state index is -1.67. The summed E-state index contributed by atoms with van der Waals surface area (Å²) in [6.45, 7) is 1.49. The smallest absolute Gasteiger partial charge is 0.348 e. The molecule has 1 aliphatic heterocycles. The second-order valence-corrected chi connectivity index (χ2v) is 5.53. The Labute approximate surface area is 131 Å². The summed E-state index contributed by atoms with van der Waals surface area (Å²) in [4.78, 5) is 36.3. The van der Waals surface area contributed by atoms with E-state index in [0.29, 0.717) is 11.9 Å². The van der Waals surface area contributed by atoms with Crippen LogP contribution in [0, 0.1) is 0 Å². The van der Waals surface area contributed by atoms with Gasteiger partial charge in [-0.2, -0.15) is 5.10 Å². The first kappa shape index (κ1) is 15.5. The second-order valence-electron chi connectivity index (χ2n) is 5.53. The summed E-state index contributed by atoms with van der Waals surface area (Å²) in [5.74, 6) is -2.35. The third-order valence-corrected chi connectivity index (χ3v) is 3.72. The standard InChI is InChI=1S/C14H17N3O6/c1-8(18)23-12(14(20)21)11-13(19)16(6-7-22-11)10-4-5-17(15-10)9-2-3-9/h4-5,9,11-12H,2-3,6-7H2,1H3,(H,20,21). The summed E-state index contributed by atoms with van der Waals surface area (Å²) in [5, 5.41) is 13.5. The molecule has 9 heteroatoms. The quantitative estimate of drug-likeness (QED) is 0.757. The van der Waals surface area contributed by atoms with Crippen LogP contribution in [0.3, 0.4) is 0 Å². The van der Waals surface area contributed by atoms with Gasteiger partial charge >= 0.3 is 11.9 Å². The lowest BCUT2D eigenvalue weighted by Crippen LogP contribution is -2.55. The van der Waals surface area contributed by atoms with E-state index in [1.807, 2.05) is 0 Å². The highest BCUT2D eigenvalue weighted by atomic mass is 16.6. The molecular weight excluding hydrogens is 306 g/mol. The number of morpholine rings is 1. The van der Waals surface area contributed by atoms with Gasteiger partial charge in [0, 0.05) is 19.2 Å². The molecule has 1 aromatic rings. The van der Waals surface area contributed by atoms with Crippen LogP contribution in [-0.2, 0) is 23.9 Å². The number of hydrogen-bond acceptors (Lipinski definition) is 6. The zero-order valence-electron chi connectivity index (χ0n) is 12.5. The Balaban J connectivity index is 1.78. The second kappa shape index (κ2) is 5.99. The largest absolute Gasteiger partial charge is 0.478 e. The number of aromatic nitrogens is 2. The van der Waals surface area contributed by atoms with Crippen LogP contribution in [0.15, 0.2) is 12.3 Å². The Morgan fingerprint density at radius 1 is 1.48 bits per heavy atom. The van der Waals surface area contributed by atoms with Gasteiger partial charge in [-0.15, -0.1) is 0 Å². The Morgan fingerprint density at radius 2 is 2.22 bits per heavy atom. The molecule has 124 valence electrons. The zero-order chi connectivity index (χ0) is 16.6. The molecule has 1 saturated heterocycles. The lowest BCUT2D eigenvalue weighted by atomic mass is 10.1. The molecule has 1 saturated carbocycles. The predicted octanol–water partition coefficient (Wildman–Crippen LogP) is -0.0339. The van der Waals surface area contributed by atoms with Crippen molar-refractivity contribution in [2.24, 2.45) is 0 Å². The zero-order valence-corrected chi connectivity index (χ0v) is 12.5. The molecule has 0 aromatic carbocycles. The van der Waals surface area contributed by atoms with E-state index in [4.69, 9.17) is 9.47 Å². The molecule has 2 unspecified atom stereocenters. The van der Waals surface area contributed by atoms with Gasteiger partial charge in [0.1, 0.15) is 0 Å². The van der Waals surface area contributed by atoms with Crippen LogP contribution in [0.4, 0.5) is 5.82 Å². The maximum atomic E-state index is 12.5. The number of rotatable bonds is 5. The van der Waals surface area contributed by atoms with Crippen LogP contribution in [0.1, 0.15) is 25.8 Å². The SMILES string of the molecule is CC(=O)OC(C(=O)O)C1OCCN(c2ccn(C3CC3)n2)C1=O. The lowest BCUT2D eigenvalue weighted by Gasteiger charge is -2.33. The fourth-order valence-electron chi connectivity index (χ4n) is 2.49. The third-order valence-electron chi connectivity index (χ3n) is 3.72. The molecule has 1 N–H and O–H groups in total. The maximum absolute atomic E-state index is 12.5. The number of carbonyl (C=O) groups excluding carboxylic acids is 2. The van der Waals surface area contributed by atoms with Gasteiger partial charge in [-0.1, -0.05) is 0 Å². The first-order valence-corrected chi connectivity index (χ1v) is 7.35. The van der Waals surface area contributed by atoms with Gasteiger partial charge in [0.2, 0.25) is 6.10 Å². The van der Waals surface area contributed by atoms with Crippen LogP contribution in [0.25, 0.3) is 0 Å². The number of aliphatic carboxylic acids is 1. The van der Waals surface area contributed by atoms with Gasteiger partial charge in [0.25, 0.3) is 5.91 Å². The molecule has 2 heterocycles. The first-order chi connectivity index (χ1) is 11.0. The Kier molecular flexibility index (Phi) is 4.03. The van der Waals surface area contributed by atoms with Gasteiger partial charge in [-0.05, 0) is 12.8 Å². The average molecular weight is 323 g/mol. The summed E-state index contributed by atoms with van der Waals surface area (Å²) in [5.41, 5.74) is 0. The van der Waals surface area contributed by atoms with E-state index in [1.165, 1.54) is 4.90 Å². The van der Waals surface area contributed by atoms with Crippen LogP contribution >= 0.6 is 0 Å². The van der Waals surface area contributed by atoms with E-state index in [2.05, 4.69) is 5.10 Å². The minimum absolute atomic E-state index is 0.137. The highest BCUT2D eigenvalue weighted by Gasteiger charge is 2.43. The number of ether oxygens (including phenoxy) is 2. The molecule has 1 aromatic heterocycles. The normalized spacial score (nSPS) is 22.7. The molecule has 9 nitrogen and oxygen atoms in total. The molecule has 23 heavy (non-hydrogen) atoms. The number of hydrogen-bond donors (Lipinski definition) is 1. The van der Waals surface area contributed by atoms with Gasteiger partial charge < -0.3 is 14.6 Å². The molecule has 0 bridgehead atoms. The molecule has 2 atom stereocenters. The highest BCUT2D eigenvalue weighted by Crippen LogP contribution is 2.34. The molecule has 3 rings (SSSR count). The highest BCUT2D eigenvalue weighted by molar-refractivity contribution is 5.99. The van der Waals surface area contributed by atoms with Gasteiger partial charge in [0.15, 0.2) is 11.9 Å². The summed E-state index contributed by atoms with van der Waals surface area (Å²) >= 11 is 0.